The van der Waals surface area contributed by atoms with Gasteiger partial charge in [0, 0.05) is 11.9 Å². The van der Waals surface area contributed by atoms with E-state index in [1.54, 1.807) is 12.4 Å². The SMILES string of the molecule is Cc1cn(-c2ccc(Nc3noc(Cc4ccccc4)n3)cc2C#N)cn1. The van der Waals surface area contributed by atoms with Crippen molar-refractivity contribution < 1.29 is 4.52 Å². The van der Waals surface area contributed by atoms with E-state index in [0.29, 0.717) is 29.5 Å². The molecule has 7 nitrogen and oxygen atoms in total. The highest BCUT2D eigenvalue weighted by molar-refractivity contribution is 5.62. The van der Waals surface area contributed by atoms with E-state index in [-0.39, 0.29) is 0 Å². The van der Waals surface area contributed by atoms with Gasteiger partial charge in [0.1, 0.15) is 6.07 Å². The van der Waals surface area contributed by atoms with Crippen LogP contribution >= 0.6 is 0 Å². The van der Waals surface area contributed by atoms with Gasteiger partial charge in [0.05, 0.1) is 29.7 Å². The van der Waals surface area contributed by atoms with Gasteiger partial charge in [0.2, 0.25) is 5.89 Å². The van der Waals surface area contributed by atoms with E-state index in [2.05, 4.69) is 26.5 Å². The molecule has 0 aliphatic rings. The van der Waals surface area contributed by atoms with Gasteiger partial charge in [-0.3, -0.25) is 0 Å². The van der Waals surface area contributed by atoms with Crippen LogP contribution in [0.15, 0.2) is 65.6 Å². The molecule has 0 fully saturated rings. The molecule has 0 spiro atoms. The van der Waals surface area contributed by atoms with Crippen molar-refractivity contribution in [1.29, 1.82) is 5.26 Å². The maximum absolute atomic E-state index is 9.48. The molecule has 0 saturated heterocycles. The van der Waals surface area contributed by atoms with Gasteiger partial charge in [-0.2, -0.15) is 10.2 Å². The van der Waals surface area contributed by atoms with Crippen LogP contribution < -0.4 is 5.32 Å². The Balaban J connectivity index is 1.52. The van der Waals surface area contributed by atoms with Crippen LogP contribution in [0.2, 0.25) is 0 Å². The molecule has 7 heteroatoms. The highest BCUT2D eigenvalue weighted by atomic mass is 16.5. The van der Waals surface area contributed by atoms with Crippen molar-refractivity contribution in [3.05, 3.63) is 83.8 Å². The lowest BCUT2D eigenvalue weighted by Gasteiger charge is -2.07. The predicted octanol–water partition coefficient (Wildman–Crippen LogP) is 3.77. The number of rotatable bonds is 5. The number of hydrogen-bond acceptors (Lipinski definition) is 6. The van der Waals surface area contributed by atoms with Crippen LogP contribution in [0.4, 0.5) is 11.6 Å². The minimum absolute atomic E-state index is 0.357. The summed E-state index contributed by atoms with van der Waals surface area (Å²) in [5, 5.41) is 16.5. The average molecular weight is 356 g/mol. The maximum Gasteiger partial charge on any atom is 0.267 e. The molecule has 27 heavy (non-hydrogen) atoms. The van der Waals surface area contributed by atoms with Crippen LogP contribution in [0.5, 0.6) is 0 Å². The second-order valence-corrected chi connectivity index (χ2v) is 6.07. The number of hydrogen-bond donors (Lipinski definition) is 1. The fourth-order valence-electron chi connectivity index (χ4n) is 2.76. The predicted molar refractivity (Wildman–Crippen MR) is 99.8 cm³/mol. The number of anilines is 2. The average Bonchev–Trinajstić information content (AvgIpc) is 3.31. The Bertz CT molecular complexity index is 1110. The molecule has 0 radical (unpaired) electrons. The fourth-order valence-corrected chi connectivity index (χ4v) is 2.76. The van der Waals surface area contributed by atoms with Crippen molar-refractivity contribution in [3.8, 4) is 11.8 Å². The Morgan fingerprint density at radius 2 is 2.04 bits per heavy atom. The van der Waals surface area contributed by atoms with Crippen LogP contribution in [-0.2, 0) is 6.42 Å². The zero-order chi connectivity index (χ0) is 18.6. The Morgan fingerprint density at radius 3 is 2.78 bits per heavy atom. The molecule has 0 unspecified atom stereocenters. The summed E-state index contributed by atoms with van der Waals surface area (Å²) < 4.78 is 7.12. The Morgan fingerprint density at radius 1 is 1.19 bits per heavy atom. The smallest absolute Gasteiger partial charge is 0.267 e. The Kier molecular flexibility index (Phi) is 4.37. The van der Waals surface area contributed by atoms with Gasteiger partial charge >= 0.3 is 0 Å². The molecule has 0 atom stereocenters. The molecule has 4 aromatic rings. The fraction of sp³-hybridized carbons (Fsp3) is 0.100. The van der Waals surface area contributed by atoms with Crippen LogP contribution in [0, 0.1) is 18.3 Å². The number of nitrogens with zero attached hydrogens (tertiary/aromatic N) is 5. The second kappa shape index (κ2) is 7.14. The highest BCUT2D eigenvalue weighted by Crippen LogP contribution is 2.22. The third-order valence-corrected chi connectivity index (χ3v) is 4.03. The number of aryl methyl sites for hydroxylation is 1. The summed E-state index contributed by atoms with van der Waals surface area (Å²) in [4.78, 5) is 8.55. The van der Waals surface area contributed by atoms with E-state index in [1.165, 1.54) is 0 Å². The minimum Gasteiger partial charge on any atom is -0.337 e. The molecule has 4 rings (SSSR count). The highest BCUT2D eigenvalue weighted by Gasteiger charge is 2.10. The Hall–Kier alpha value is -3.92. The Labute approximate surface area is 155 Å². The lowest BCUT2D eigenvalue weighted by Crippen LogP contribution is -1.98. The first-order chi connectivity index (χ1) is 13.2. The van der Waals surface area contributed by atoms with Gasteiger partial charge in [-0.05, 0) is 35.8 Å². The molecule has 0 amide bonds. The first-order valence-corrected chi connectivity index (χ1v) is 8.40. The van der Waals surface area contributed by atoms with Gasteiger partial charge in [-0.1, -0.05) is 30.3 Å². The number of aromatic nitrogens is 4. The summed E-state index contributed by atoms with van der Waals surface area (Å²) in [5.41, 5.74) is 3.98. The summed E-state index contributed by atoms with van der Waals surface area (Å²) in [5.74, 6) is 0.880. The largest absolute Gasteiger partial charge is 0.337 e. The van der Waals surface area contributed by atoms with Crippen molar-refractivity contribution in [1.82, 2.24) is 19.7 Å². The minimum atomic E-state index is 0.357. The van der Waals surface area contributed by atoms with Crippen LogP contribution in [-0.4, -0.2) is 19.7 Å². The summed E-state index contributed by atoms with van der Waals surface area (Å²) in [7, 11) is 0. The van der Waals surface area contributed by atoms with Gasteiger partial charge in [-0.25, -0.2) is 4.98 Å². The first kappa shape index (κ1) is 16.5. The van der Waals surface area contributed by atoms with Crippen molar-refractivity contribution in [2.75, 3.05) is 5.32 Å². The topological polar surface area (TPSA) is 92.6 Å². The number of imidazole rings is 1. The molecule has 0 aliphatic carbocycles. The molecule has 2 aromatic carbocycles. The van der Waals surface area contributed by atoms with Crippen LogP contribution in [0.25, 0.3) is 5.69 Å². The van der Waals surface area contributed by atoms with Gasteiger partial charge in [0.15, 0.2) is 0 Å². The summed E-state index contributed by atoms with van der Waals surface area (Å²) in [6.07, 6.45) is 4.13. The molecule has 2 heterocycles. The van der Waals surface area contributed by atoms with E-state index < -0.39 is 0 Å². The van der Waals surface area contributed by atoms with Crippen molar-refractivity contribution >= 4 is 11.6 Å². The second-order valence-electron chi connectivity index (χ2n) is 6.07. The van der Waals surface area contributed by atoms with Crippen molar-refractivity contribution in [3.63, 3.8) is 0 Å². The van der Waals surface area contributed by atoms with E-state index >= 15 is 0 Å². The van der Waals surface area contributed by atoms with E-state index in [4.69, 9.17) is 4.52 Å². The lowest BCUT2D eigenvalue weighted by atomic mass is 10.1. The van der Waals surface area contributed by atoms with Crippen molar-refractivity contribution in [2.24, 2.45) is 0 Å². The quantitative estimate of drug-likeness (QED) is 0.585. The van der Waals surface area contributed by atoms with Gasteiger partial charge in [0.25, 0.3) is 5.95 Å². The van der Waals surface area contributed by atoms with E-state index in [1.807, 2.05) is 60.2 Å². The molecular weight excluding hydrogens is 340 g/mol. The summed E-state index contributed by atoms with van der Waals surface area (Å²) in [6.45, 7) is 1.90. The summed E-state index contributed by atoms with van der Waals surface area (Å²) >= 11 is 0. The standard InChI is InChI=1S/C20H16N6O/c1-14-12-26(13-22-14)18-8-7-17(10-16(18)11-21)23-20-24-19(27-25-20)9-15-5-3-2-4-6-15/h2-8,10,12-13H,9H2,1H3,(H,23,25). The van der Waals surface area contributed by atoms with Crippen LogP contribution in [0.3, 0.4) is 0 Å². The third kappa shape index (κ3) is 3.70. The molecule has 0 aliphatic heterocycles. The monoisotopic (exact) mass is 356 g/mol. The maximum atomic E-state index is 9.48. The normalized spacial score (nSPS) is 10.5. The van der Waals surface area contributed by atoms with E-state index in [9.17, 15) is 5.26 Å². The zero-order valence-electron chi connectivity index (χ0n) is 14.6. The van der Waals surface area contributed by atoms with E-state index in [0.717, 1.165) is 16.9 Å². The molecular formula is C20H16N6O. The molecule has 0 saturated carbocycles. The molecule has 2 aromatic heterocycles. The third-order valence-electron chi connectivity index (χ3n) is 4.03. The summed E-state index contributed by atoms with van der Waals surface area (Å²) in [6, 6.07) is 17.6. The first-order valence-electron chi connectivity index (χ1n) is 8.40. The molecule has 0 bridgehead atoms. The van der Waals surface area contributed by atoms with Crippen molar-refractivity contribution in [2.45, 2.75) is 13.3 Å². The number of nitriles is 1. The molecule has 132 valence electrons. The van der Waals surface area contributed by atoms with Gasteiger partial charge < -0.3 is 14.4 Å². The lowest BCUT2D eigenvalue weighted by molar-refractivity contribution is 0.386. The number of benzene rings is 2. The van der Waals surface area contributed by atoms with Crippen LogP contribution in [0.1, 0.15) is 22.7 Å². The zero-order valence-corrected chi connectivity index (χ0v) is 14.6. The molecule has 1 N–H and O–H groups in total. The van der Waals surface area contributed by atoms with Gasteiger partial charge in [-0.15, -0.1) is 0 Å². The number of nitrogens with one attached hydrogen (secondary N) is 1.